The molecule has 1 amide bonds. The average molecular weight is 177 g/mol. The molecule has 0 atom stereocenters. The highest BCUT2D eigenvalue weighted by molar-refractivity contribution is 5.84. The standard InChI is InChI=1S/C4H4F5NO/c5-1(6)4(9,2(7)8)3(10)11/h1-2H,(H2,10,11). The third-order valence-corrected chi connectivity index (χ3v) is 1.01. The molecular weight excluding hydrogens is 173 g/mol. The largest absolute Gasteiger partial charge is 0.366 e. The fraction of sp³-hybridized carbons (Fsp3) is 0.750. The number of hydrogen-bond acceptors (Lipinski definition) is 1. The van der Waals surface area contributed by atoms with Crippen molar-refractivity contribution in [3.05, 3.63) is 0 Å². The average Bonchev–Trinajstić information content (AvgIpc) is 1.84. The Morgan fingerprint density at radius 3 is 1.45 bits per heavy atom. The molecule has 7 heteroatoms. The number of halogens is 5. The fourth-order valence-electron chi connectivity index (χ4n) is 0.310. The van der Waals surface area contributed by atoms with Gasteiger partial charge in [0.15, 0.2) is 0 Å². The highest BCUT2D eigenvalue weighted by Gasteiger charge is 2.55. The van der Waals surface area contributed by atoms with Gasteiger partial charge in [-0.05, 0) is 0 Å². The Hall–Kier alpha value is -0.880. The lowest BCUT2D eigenvalue weighted by Gasteiger charge is -2.18. The predicted molar refractivity (Wildman–Crippen MR) is 25.0 cm³/mol. The summed E-state index contributed by atoms with van der Waals surface area (Å²) < 4.78 is 57.9. The summed E-state index contributed by atoms with van der Waals surface area (Å²) >= 11 is 0. The first-order valence-corrected chi connectivity index (χ1v) is 2.38. The minimum atomic E-state index is -4.53. The van der Waals surface area contributed by atoms with Crippen LogP contribution >= 0.6 is 0 Å². The van der Waals surface area contributed by atoms with E-state index in [9.17, 15) is 26.7 Å². The number of rotatable bonds is 3. The first-order chi connectivity index (χ1) is 4.83. The maximum atomic E-state index is 12.2. The minimum Gasteiger partial charge on any atom is -0.366 e. The lowest BCUT2D eigenvalue weighted by molar-refractivity contribution is -0.162. The number of hydrogen-bond donors (Lipinski definition) is 1. The van der Waals surface area contributed by atoms with Gasteiger partial charge < -0.3 is 5.73 Å². The molecular formula is C4H4F5NO. The summed E-state index contributed by atoms with van der Waals surface area (Å²) in [5.41, 5.74) is -0.529. The summed E-state index contributed by atoms with van der Waals surface area (Å²) in [5.74, 6) is -2.36. The van der Waals surface area contributed by atoms with E-state index in [0.717, 1.165) is 0 Å². The van der Waals surface area contributed by atoms with Gasteiger partial charge in [-0.3, -0.25) is 4.79 Å². The molecule has 0 aromatic carbocycles. The van der Waals surface area contributed by atoms with Gasteiger partial charge in [-0.15, -0.1) is 0 Å². The molecule has 0 bridgehead atoms. The van der Waals surface area contributed by atoms with Gasteiger partial charge >= 0.3 is 5.67 Å². The van der Waals surface area contributed by atoms with Crippen molar-refractivity contribution in [3.63, 3.8) is 0 Å². The second-order valence-electron chi connectivity index (χ2n) is 1.73. The molecule has 0 aliphatic rings. The number of alkyl halides is 5. The molecule has 0 unspecified atom stereocenters. The first kappa shape index (κ1) is 10.1. The molecule has 0 fully saturated rings. The second-order valence-corrected chi connectivity index (χ2v) is 1.73. The number of primary amides is 1. The fourth-order valence-corrected chi connectivity index (χ4v) is 0.310. The molecule has 2 nitrogen and oxygen atoms in total. The van der Waals surface area contributed by atoms with E-state index in [1.54, 1.807) is 0 Å². The smallest absolute Gasteiger partial charge is 0.307 e. The van der Waals surface area contributed by atoms with E-state index in [1.165, 1.54) is 0 Å². The summed E-state index contributed by atoms with van der Waals surface area (Å²) in [6, 6.07) is 0. The van der Waals surface area contributed by atoms with Crippen LogP contribution in [0.25, 0.3) is 0 Å². The van der Waals surface area contributed by atoms with Gasteiger partial charge in [-0.2, -0.15) is 0 Å². The summed E-state index contributed by atoms with van der Waals surface area (Å²) in [5, 5.41) is 0. The zero-order valence-corrected chi connectivity index (χ0v) is 5.03. The number of amides is 1. The van der Waals surface area contributed by atoms with Crippen molar-refractivity contribution in [2.45, 2.75) is 18.5 Å². The molecule has 0 aliphatic heterocycles. The SMILES string of the molecule is NC(=O)C(F)(C(F)F)C(F)F. The third kappa shape index (κ3) is 1.58. The van der Waals surface area contributed by atoms with Gasteiger partial charge in [-0.25, -0.2) is 22.0 Å². The van der Waals surface area contributed by atoms with E-state index in [0.29, 0.717) is 0 Å². The quantitative estimate of drug-likeness (QED) is 0.634. The van der Waals surface area contributed by atoms with Crippen LogP contribution in [0.4, 0.5) is 22.0 Å². The normalized spacial score (nSPS) is 12.6. The molecule has 0 heterocycles. The molecule has 0 aromatic heterocycles. The van der Waals surface area contributed by atoms with E-state index < -0.39 is 24.4 Å². The van der Waals surface area contributed by atoms with Crippen LogP contribution in [0.5, 0.6) is 0 Å². The van der Waals surface area contributed by atoms with Crippen LogP contribution in [-0.2, 0) is 4.79 Å². The zero-order valence-electron chi connectivity index (χ0n) is 5.03. The highest BCUT2D eigenvalue weighted by atomic mass is 19.3. The summed E-state index contributed by atoms with van der Waals surface area (Å²) in [4.78, 5) is 9.79. The Balaban J connectivity index is 4.67. The minimum absolute atomic E-state index is 2.36. The van der Waals surface area contributed by atoms with E-state index in [1.807, 2.05) is 0 Å². The molecule has 0 spiro atoms. The number of carbonyl (C=O) groups is 1. The molecule has 0 saturated carbocycles. The summed E-state index contributed by atoms with van der Waals surface area (Å²) in [6.07, 6.45) is -8.22. The maximum Gasteiger partial charge on any atom is 0.307 e. The maximum absolute atomic E-state index is 12.2. The van der Waals surface area contributed by atoms with Crippen LogP contribution in [0.15, 0.2) is 0 Å². The van der Waals surface area contributed by atoms with Gasteiger partial charge in [0.1, 0.15) is 0 Å². The van der Waals surface area contributed by atoms with Crippen LogP contribution in [-0.4, -0.2) is 24.4 Å². The van der Waals surface area contributed by atoms with Crippen molar-refractivity contribution < 1.29 is 26.7 Å². The van der Waals surface area contributed by atoms with Crippen LogP contribution in [0.3, 0.4) is 0 Å². The predicted octanol–water partition coefficient (Wildman–Crippen LogP) is 0.710. The van der Waals surface area contributed by atoms with Crippen LogP contribution < -0.4 is 5.73 Å². The molecule has 66 valence electrons. The number of carbonyl (C=O) groups excluding carboxylic acids is 1. The first-order valence-electron chi connectivity index (χ1n) is 2.38. The van der Waals surface area contributed by atoms with Crippen molar-refractivity contribution in [2.75, 3.05) is 0 Å². The molecule has 11 heavy (non-hydrogen) atoms. The summed E-state index contributed by atoms with van der Waals surface area (Å²) in [6.45, 7) is 0. The van der Waals surface area contributed by atoms with Crippen molar-refractivity contribution in [2.24, 2.45) is 5.73 Å². The molecule has 0 saturated heterocycles. The van der Waals surface area contributed by atoms with Crippen LogP contribution in [0.1, 0.15) is 0 Å². The molecule has 2 N–H and O–H groups in total. The molecule has 0 aromatic rings. The Kier molecular flexibility index (Phi) is 2.77. The molecule has 0 radical (unpaired) electrons. The van der Waals surface area contributed by atoms with Crippen LogP contribution in [0.2, 0.25) is 0 Å². The van der Waals surface area contributed by atoms with Gasteiger partial charge in [0.25, 0.3) is 18.8 Å². The van der Waals surface area contributed by atoms with Crippen molar-refractivity contribution in [1.82, 2.24) is 0 Å². The third-order valence-electron chi connectivity index (χ3n) is 1.01. The van der Waals surface area contributed by atoms with Crippen molar-refractivity contribution >= 4 is 5.91 Å². The highest BCUT2D eigenvalue weighted by Crippen LogP contribution is 2.27. The van der Waals surface area contributed by atoms with Gasteiger partial charge in [0.05, 0.1) is 0 Å². The van der Waals surface area contributed by atoms with Gasteiger partial charge in [0.2, 0.25) is 0 Å². The topological polar surface area (TPSA) is 43.1 Å². The van der Waals surface area contributed by atoms with Crippen LogP contribution in [0, 0.1) is 0 Å². The van der Waals surface area contributed by atoms with E-state index in [-0.39, 0.29) is 0 Å². The second kappa shape index (κ2) is 3.02. The zero-order chi connectivity index (χ0) is 9.23. The van der Waals surface area contributed by atoms with E-state index in [4.69, 9.17) is 0 Å². The summed E-state index contributed by atoms with van der Waals surface area (Å²) in [7, 11) is 0. The molecule has 0 aliphatic carbocycles. The number of nitrogens with two attached hydrogens (primary N) is 1. The Labute approximate surface area is 58.2 Å². The monoisotopic (exact) mass is 177 g/mol. The van der Waals surface area contributed by atoms with Crippen molar-refractivity contribution in [1.29, 1.82) is 0 Å². The van der Waals surface area contributed by atoms with Gasteiger partial charge in [-0.1, -0.05) is 0 Å². The molecule has 0 rings (SSSR count). The van der Waals surface area contributed by atoms with Crippen molar-refractivity contribution in [3.8, 4) is 0 Å². The Morgan fingerprint density at radius 1 is 1.18 bits per heavy atom. The Morgan fingerprint density at radius 2 is 1.45 bits per heavy atom. The van der Waals surface area contributed by atoms with Gasteiger partial charge in [0, 0.05) is 0 Å². The Bertz CT molecular complexity index is 151. The van der Waals surface area contributed by atoms with E-state index in [2.05, 4.69) is 5.73 Å². The lowest BCUT2D eigenvalue weighted by atomic mass is 10.1. The van der Waals surface area contributed by atoms with E-state index >= 15 is 0 Å². The lowest BCUT2D eigenvalue weighted by Crippen LogP contribution is -2.51.